The monoisotopic (exact) mass is 297 g/mol. The lowest BCUT2D eigenvalue weighted by Crippen LogP contribution is -2.20. The van der Waals surface area contributed by atoms with Gasteiger partial charge in [-0.25, -0.2) is 8.78 Å². The molecule has 114 valence electrons. The molecule has 2 aromatic rings. The molecule has 0 saturated heterocycles. The predicted octanol–water partition coefficient (Wildman–Crippen LogP) is 2.75. The predicted molar refractivity (Wildman–Crippen MR) is 72.4 cm³/mol. The van der Waals surface area contributed by atoms with Crippen molar-refractivity contribution in [3.05, 3.63) is 35.2 Å². The van der Waals surface area contributed by atoms with Gasteiger partial charge < -0.3 is 15.0 Å². The van der Waals surface area contributed by atoms with Crippen LogP contribution >= 0.6 is 0 Å². The Morgan fingerprint density at radius 1 is 1.33 bits per heavy atom. The van der Waals surface area contributed by atoms with Crippen molar-refractivity contribution in [2.24, 2.45) is 5.73 Å². The van der Waals surface area contributed by atoms with Crippen molar-refractivity contribution < 1.29 is 18.0 Å². The van der Waals surface area contributed by atoms with Gasteiger partial charge in [-0.1, -0.05) is 11.2 Å². The van der Waals surface area contributed by atoms with Crippen LogP contribution < -0.4 is 5.73 Å². The summed E-state index contributed by atoms with van der Waals surface area (Å²) in [4.78, 5) is 3.96. The van der Waals surface area contributed by atoms with Crippen molar-refractivity contribution >= 4 is 0 Å². The number of aryl methyl sites for hydroxylation is 1. The fraction of sp³-hybridized carbons (Fsp3) is 0.429. The molecule has 0 fully saturated rings. The number of ether oxygens (including phenoxy) is 1. The first kappa shape index (κ1) is 15.5. The zero-order valence-corrected chi connectivity index (χ0v) is 12.1. The molecule has 1 aromatic heterocycles. The van der Waals surface area contributed by atoms with Crippen molar-refractivity contribution in [3.8, 4) is 11.5 Å². The average Bonchev–Trinajstić information content (AvgIpc) is 2.90. The van der Waals surface area contributed by atoms with Gasteiger partial charge in [0.15, 0.2) is 5.82 Å². The third-order valence-corrected chi connectivity index (χ3v) is 2.88. The third-order valence-electron chi connectivity index (χ3n) is 2.88. The topological polar surface area (TPSA) is 74.2 Å². The van der Waals surface area contributed by atoms with E-state index < -0.39 is 17.7 Å². The molecule has 0 aliphatic carbocycles. The molecule has 21 heavy (non-hydrogen) atoms. The van der Waals surface area contributed by atoms with Crippen molar-refractivity contribution in [1.29, 1.82) is 0 Å². The molecule has 0 spiro atoms. The number of nitrogens with two attached hydrogens (primary N) is 1. The minimum absolute atomic E-state index is 0.00841. The SMILES string of the molecule is Cc1ccc(F)c(-c2nc(C(N)COC(C)C)no2)c1F. The van der Waals surface area contributed by atoms with Gasteiger partial charge >= 0.3 is 0 Å². The van der Waals surface area contributed by atoms with E-state index in [2.05, 4.69) is 10.1 Å². The Morgan fingerprint density at radius 3 is 2.71 bits per heavy atom. The van der Waals surface area contributed by atoms with Crippen LogP contribution in [0.25, 0.3) is 11.5 Å². The molecule has 1 unspecified atom stereocenters. The normalized spacial score (nSPS) is 12.9. The van der Waals surface area contributed by atoms with Gasteiger partial charge in [-0.2, -0.15) is 4.98 Å². The van der Waals surface area contributed by atoms with Crippen molar-refractivity contribution in [2.45, 2.75) is 32.9 Å². The number of nitrogens with zero attached hydrogens (tertiary/aromatic N) is 2. The van der Waals surface area contributed by atoms with Crippen LogP contribution in [0, 0.1) is 18.6 Å². The largest absolute Gasteiger partial charge is 0.377 e. The molecule has 0 saturated carbocycles. The summed E-state index contributed by atoms with van der Waals surface area (Å²) in [6.45, 7) is 5.45. The number of rotatable bonds is 5. The van der Waals surface area contributed by atoms with E-state index in [1.54, 1.807) is 0 Å². The molecule has 5 nitrogen and oxygen atoms in total. The summed E-state index contributed by atoms with van der Waals surface area (Å²) in [6.07, 6.45) is 0.00841. The van der Waals surface area contributed by atoms with Gasteiger partial charge in [0.25, 0.3) is 5.89 Å². The van der Waals surface area contributed by atoms with Gasteiger partial charge in [0, 0.05) is 0 Å². The van der Waals surface area contributed by atoms with Crippen LogP contribution in [-0.2, 0) is 4.74 Å². The zero-order valence-electron chi connectivity index (χ0n) is 12.1. The minimum atomic E-state index is -0.764. The number of benzene rings is 1. The highest BCUT2D eigenvalue weighted by Crippen LogP contribution is 2.27. The summed E-state index contributed by atoms with van der Waals surface area (Å²) in [6, 6.07) is 1.87. The van der Waals surface area contributed by atoms with Crippen LogP contribution in [0.1, 0.15) is 31.3 Å². The van der Waals surface area contributed by atoms with Gasteiger partial charge in [0.05, 0.1) is 18.8 Å². The van der Waals surface area contributed by atoms with Crippen LogP contribution in [0.15, 0.2) is 16.7 Å². The van der Waals surface area contributed by atoms with Crippen LogP contribution in [0.3, 0.4) is 0 Å². The highest BCUT2D eigenvalue weighted by atomic mass is 19.1. The number of halogens is 2. The summed E-state index contributed by atoms with van der Waals surface area (Å²) in [5.41, 5.74) is 5.79. The quantitative estimate of drug-likeness (QED) is 0.918. The standard InChI is InChI=1S/C14H17F2N3O2/c1-7(2)20-6-10(17)13-18-14(21-19-13)11-9(15)5-4-8(3)12(11)16/h4-5,7,10H,6,17H2,1-3H3. The van der Waals surface area contributed by atoms with E-state index in [-0.39, 0.29) is 30.0 Å². The van der Waals surface area contributed by atoms with Crippen LogP contribution in [0.5, 0.6) is 0 Å². The fourth-order valence-corrected chi connectivity index (χ4v) is 1.71. The molecular formula is C14H17F2N3O2. The molecule has 0 bridgehead atoms. The Balaban J connectivity index is 2.26. The molecule has 0 radical (unpaired) electrons. The van der Waals surface area contributed by atoms with Gasteiger partial charge in [0.2, 0.25) is 0 Å². The van der Waals surface area contributed by atoms with Gasteiger partial charge in [-0.15, -0.1) is 0 Å². The molecule has 0 aliphatic rings. The van der Waals surface area contributed by atoms with Crippen LogP contribution in [0.2, 0.25) is 0 Å². The van der Waals surface area contributed by atoms with Crippen LogP contribution in [0.4, 0.5) is 8.78 Å². The van der Waals surface area contributed by atoms with Gasteiger partial charge in [-0.05, 0) is 32.4 Å². The molecule has 2 rings (SSSR count). The second-order valence-corrected chi connectivity index (χ2v) is 5.00. The molecule has 1 aromatic carbocycles. The van der Waals surface area contributed by atoms with E-state index in [0.29, 0.717) is 5.56 Å². The average molecular weight is 297 g/mol. The highest BCUT2D eigenvalue weighted by Gasteiger charge is 2.22. The molecule has 7 heteroatoms. The zero-order chi connectivity index (χ0) is 15.6. The Bertz CT molecular complexity index is 629. The molecular weight excluding hydrogens is 280 g/mol. The smallest absolute Gasteiger partial charge is 0.263 e. The summed E-state index contributed by atoms with van der Waals surface area (Å²) in [7, 11) is 0. The second-order valence-electron chi connectivity index (χ2n) is 5.00. The Labute approximate surface area is 121 Å². The number of hydrogen-bond donors (Lipinski definition) is 1. The lowest BCUT2D eigenvalue weighted by Gasteiger charge is -2.10. The minimum Gasteiger partial charge on any atom is -0.377 e. The maximum Gasteiger partial charge on any atom is 0.263 e. The van der Waals surface area contributed by atoms with Crippen LogP contribution in [-0.4, -0.2) is 22.9 Å². The van der Waals surface area contributed by atoms with E-state index in [1.807, 2.05) is 13.8 Å². The maximum atomic E-state index is 14.0. The lowest BCUT2D eigenvalue weighted by atomic mass is 10.1. The van der Waals surface area contributed by atoms with Gasteiger partial charge in [0.1, 0.15) is 17.2 Å². The summed E-state index contributed by atoms with van der Waals surface area (Å²) < 4.78 is 38.0. The lowest BCUT2D eigenvalue weighted by molar-refractivity contribution is 0.0665. The summed E-state index contributed by atoms with van der Waals surface area (Å²) in [5.74, 6) is -1.58. The Kier molecular flexibility index (Phi) is 4.64. The third kappa shape index (κ3) is 3.43. The molecule has 2 N–H and O–H groups in total. The summed E-state index contributed by atoms with van der Waals surface area (Å²) >= 11 is 0. The maximum absolute atomic E-state index is 14.0. The van der Waals surface area contributed by atoms with E-state index in [9.17, 15) is 8.78 Å². The van der Waals surface area contributed by atoms with Gasteiger partial charge in [-0.3, -0.25) is 0 Å². The Hall–Kier alpha value is -1.86. The Morgan fingerprint density at radius 2 is 2.05 bits per heavy atom. The highest BCUT2D eigenvalue weighted by molar-refractivity contribution is 5.56. The first-order valence-corrected chi connectivity index (χ1v) is 6.56. The molecule has 0 amide bonds. The second kappa shape index (κ2) is 6.28. The first-order chi connectivity index (χ1) is 9.90. The van der Waals surface area contributed by atoms with Crippen molar-refractivity contribution in [1.82, 2.24) is 10.1 Å². The molecule has 1 atom stereocenters. The van der Waals surface area contributed by atoms with E-state index in [1.165, 1.54) is 13.0 Å². The number of aromatic nitrogens is 2. The number of hydrogen-bond acceptors (Lipinski definition) is 5. The fourth-order valence-electron chi connectivity index (χ4n) is 1.71. The van der Waals surface area contributed by atoms with E-state index in [4.69, 9.17) is 15.0 Å². The molecule has 0 aliphatic heterocycles. The van der Waals surface area contributed by atoms with E-state index >= 15 is 0 Å². The van der Waals surface area contributed by atoms with E-state index in [0.717, 1.165) is 6.07 Å². The van der Waals surface area contributed by atoms with Crippen molar-refractivity contribution in [2.75, 3.05) is 6.61 Å². The first-order valence-electron chi connectivity index (χ1n) is 6.56. The van der Waals surface area contributed by atoms with Crippen molar-refractivity contribution in [3.63, 3.8) is 0 Å². The molecule has 1 heterocycles. The summed E-state index contributed by atoms with van der Waals surface area (Å²) in [5, 5.41) is 3.66.